The maximum Gasteiger partial charge on any atom is 0.433 e. The minimum absolute atomic E-state index is 0.0583. The van der Waals surface area contributed by atoms with E-state index in [2.05, 4.69) is 15.1 Å². The number of alkyl halides is 5. The van der Waals surface area contributed by atoms with Crippen molar-refractivity contribution in [2.75, 3.05) is 18.0 Å². The van der Waals surface area contributed by atoms with E-state index in [1.807, 2.05) is 4.90 Å². The number of hydrogen-bond acceptors (Lipinski definition) is 5. The quantitative estimate of drug-likeness (QED) is 0.566. The molecule has 0 radical (unpaired) electrons. The van der Waals surface area contributed by atoms with Crippen molar-refractivity contribution in [3.05, 3.63) is 46.9 Å². The molecule has 0 spiro atoms. The highest BCUT2D eigenvalue weighted by Crippen LogP contribution is 2.45. The molecular formula is C20H19F5N6O. The molecule has 4 heterocycles. The van der Waals surface area contributed by atoms with Gasteiger partial charge in [0.25, 0.3) is 12.0 Å². The molecule has 5 rings (SSSR count). The Morgan fingerprint density at radius 3 is 2.50 bits per heavy atom. The minimum atomic E-state index is -4.50. The smallest absolute Gasteiger partial charge is 0.371 e. The molecule has 0 aromatic carbocycles. The lowest BCUT2D eigenvalue weighted by Crippen LogP contribution is -2.28. The Hall–Kier alpha value is -3.05. The number of anilines is 1. The van der Waals surface area contributed by atoms with E-state index in [1.54, 1.807) is 6.07 Å². The fraction of sp³-hybridized carbons (Fsp3) is 0.500. The van der Waals surface area contributed by atoms with Gasteiger partial charge in [0.05, 0.1) is 12.5 Å². The van der Waals surface area contributed by atoms with E-state index in [1.165, 1.54) is 17.1 Å². The second kappa shape index (κ2) is 7.52. The van der Waals surface area contributed by atoms with Gasteiger partial charge in [-0.25, -0.2) is 13.8 Å². The third kappa shape index (κ3) is 3.61. The molecule has 2 aliphatic rings. The number of halogens is 5. The van der Waals surface area contributed by atoms with Gasteiger partial charge in [0.15, 0.2) is 5.52 Å². The molecule has 1 aliphatic carbocycles. The molecule has 170 valence electrons. The molecule has 0 N–H and O–H groups in total. The van der Waals surface area contributed by atoms with E-state index in [4.69, 9.17) is 0 Å². The molecule has 2 unspecified atom stereocenters. The Labute approximate surface area is 178 Å². The Bertz CT molecular complexity index is 1190. The molecule has 2 atom stereocenters. The number of aromatic nitrogens is 5. The van der Waals surface area contributed by atoms with Crippen LogP contribution in [0.25, 0.3) is 11.0 Å². The van der Waals surface area contributed by atoms with Crippen molar-refractivity contribution in [1.29, 1.82) is 0 Å². The summed E-state index contributed by atoms with van der Waals surface area (Å²) in [7, 11) is 0. The summed E-state index contributed by atoms with van der Waals surface area (Å²) in [6.45, 7) is 0.480. The lowest BCUT2D eigenvalue weighted by Gasteiger charge is -2.22. The van der Waals surface area contributed by atoms with E-state index >= 15 is 0 Å². The number of rotatable bonds is 4. The molecule has 1 saturated heterocycles. The zero-order valence-corrected chi connectivity index (χ0v) is 16.7. The molecule has 1 aliphatic heterocycles. The van der Waals surface area contributed by atoms with E-state index in [-0.39, 0.29) is 28.9 Å². The first-order valence-electron chi connectivity index (χ1n) is 10.2. The number of fused-ring (bicyclic) bond motifs is 2. The topological polar surface area (TPSA) is 68.8 Å². The maximum atomic E-state index is 13.0. The molecule has 7 nitrogen and oxygen atoms in total. The van der Waals surface area contributed by atoms with Crippen molar-refractivity contribution in [2.45, 2.75) is 38.0 Å². The second-order valence-electron chi connectivity index (χ2n) is 8.36. The van der Waals surface area contributed by atoms with E-state index in [9.17, 15) is 26.7 Å². The summed E-state index contributed by atoms with van der Waals surface area (Å²) in [5.74, 6) is 0.409. The van der Waals surface area contributed by atoms with Crippen LogP contribution in [0.15, 0.2) is 35.6 Å². The van der Waals surface area contributed by atoms with Crippen LogP contribution >= 0.6 is 0 Å². The fourth-order valence-corrected chi connectivity index (χ4v) is 5.00. The first-order chi connectivity index (χ1) is 15.2. The average molecular weight is 454 g/mol. The van der Waals surface area contributed by atoms with Gasteiger partial charge in [0.2, 0.25) is 0 Å². The van der Waals surface area contributed by atoms with Crippen molar-refractivity contribution in [3.63, 3.8) is 0 Å². The van der Waals surface area contributed by atoms with Crippen LogP contribution in [-0.2, 0) is 12.7 Å². The van der Waals surface area contributed by atoms with Gasteiger partial charge < -0.3 is 4.90 Å². The predicted molar refractivity (Wildman–Crippen MR) is 104 cm³/mol. The highest BCUT2D eigenvalue weighted by molar-refractivity contribution is 5.72. The van der Waals surface area contributed by atoms with Crippen LogP contribution in [0.4, 0.5) is 27.6 Å². The third-order valence-electron chi connectivity index (χ3n) is 6.41. The van der Waals surface area contributed by atoms with Crippen molar-refractivity contribution >= 4 is 16.7 Å². The average Bonchev–Trinajstić information content (AvgIpc) is 3.41. The van der Waals surface area contributed by atoms with E-state index in [0.29, 0.717) is 31.6 Å². The lowest BCUT2D eigenvalue weighted by molar-refractivity contribution is -0.141. The van der Waals surface area contributed by atoms with Gasteiger partial charge in [-0.1, -0.05) is 0 Å². The second-order valence-corrected chi connectivity index (χ2v) is 8.36. The normalized spacial score (nSPS) is 23.4. The standard InChI is InChI=1S/C20H19F5N6O/c21-17(22)9-31-18-15(6-28-31)27-10-30(19(18)32)14-3-11-7-29(8-12(11)4-14)13-1-2-26-16(5-13)20(23,24)25/h1-2,5-6,10-12,14,17H,3-4,7-9H2. The van der Waals surface area contributed by atoms with Gasteiger partial charge in [0.1, 0.15) is 17.8 Å². The summed E-state index contributed by atoms with van der Waals surface area (Å²) in [6, 6.07) is 2.49. The Morgan fingerprint density at radius 1 is 1.12 bits per heavy atom. The number of hydrogen-bond donors (Lipinski definition) is 0. The van der Waals surface area contributed by atoms with Crippen molar-refractivity contribution < 1.29 is 22.0 Å². The molecule has 0 bridgehead atoms. The highest BCUT2D eigenvalue weighted by Gasteiger charge is 2.42. The van der Waals surface area contributed by atoms with Crippen molar-refractivity contribution in [1.82, 2.24) is 24.3 Å². The van der Waals surface area contributed by atoms with Gasteiger partial charge in [-0.05, 0) is 36.8 Å². The lowest BCUT2D eigenvalue weighted by atomic mass is 10.0. The van der Waals surface area contributed by atoms with Gasteiger partial charge >= 0.3 is 6.18 Å². The Balaban J connectivity index is 1.34. The largest absolute Gasteiger partial charge is 0.433 e. The molecule has 3 aromatic heterocycles. The third-order valence-corrected chi connectivity index (χ3v) is 6.41. The Morgan fingerprint density at radius 2 is 1.84 bits per heavy atom. The maximum absolute atomic E-state index is 13.0. The SMILES string of the molecule is O=c1c2c(cnn2CC(F)F)ncn1C1CC2CN(c3ccnc(C(F)(F)F)c3)CC2C1. The summed E-state index contributed by atoms with van der Waals surface area (Å²) in [5.41, 5.74) is -0.512. The fourth-order valence-electron chi connectivity index (χ4n) is 5.00. The van der Waals surface area contributed by atoms with Crippen LogP contribution in [0, 0.1) is 11.8 Å². The van der Waals surface area contributed by atoms with Crippen LogP contribution in [-0.4, -0.2) is 43.8 Å². The van der Waals surface area contributed by atoms with E-state index < -0.39 is 30.4 Å². The molecule has 1 saturated carbocycles. The summed E-state index contributed by atoms with van der Waals surface area (Å²) in [6.07, 6.45) is -1.93. The molecule has 12 heteroatoms. The summed E-state index contributed by atoms with van der Waals surface area (Å²) in [4.78, 5) is 22.6. The predicted octanol–water partition coefficient (Wildman–Crippen LogP) is 3.36. The van der Waals surface area contributed by atoms with Crippen molar-refractivity contribution in [3.8, 4) is 0 Å². The van der Waals surface area contributed by atoms with Crippen LogP contribution < -0.4 is 10.5 Å². The zero-order chi connectivity index (χ0) is 22.6. The minimum Gasteiger partial charge on any atom is -0.371 e. The molecular weight excluding hydrogens is 435 g/mol. The van der Waals surface area contributed by atoms with Crippen molar-refractivity contribution in [2.24, 2.45) is 11.8 Å². The van der Waals surface area contributed by atoms with Crippen LogP contribution in [0.3, 0.4) is 0 Å². The van der Waals surface area contributed by atoms with E-state index in [0.717, 1.165) is 16.9 Å². The first kappa shape index (κ1) is 20.8. The molecule has 0 amide bonds. The van der Waals surface area contributed by atoms with Crippen LogP contribution in [0.2, 0.25) is 0 Å². The summed E-state index contributed by atoms with van der Waals surface area (Å²) < 4.78 is 67.1. The molecule has 2 fully saturated rings. The highest BCUT2D eigenvalue weighted by atomic mass is 19.4. The monoisotopic (exact) mass is 454 g/mol. The molecule has 3 aromatic rings. The zero-order valence-electron chi connectivity index (χ0n) is 16.7. The summed E-state index contributed by atoms with van der Waals surface area (Å²) >= 11 is 0. The van der Waals surface area contributed by atoms with Crippen LogP contribution in [0.5, 0.6) is 0 Å². The molecule has 32 heavy (non-hydrogen) atoms. The van der Waals surface area contributed by atoms with Gasteiger partial charge in [-0.15, -0.1) is 0 Å². The van der Waals surface area contributed by atoms with Crippen LogP contribution in [0.1, 0.15) is 24.6 Å². The first-order valence-corrected chi connectivity index (χ1v) is 10.2. The Kier molecular flexibility index (Phi) is 4.90. The van der Waals surface area contributed by atoms with Gasteiger partial charge in [-0.2, -0.15) is 18.3 Å². The summed E-state index contributed by atoms with van der Waals surface area (Å²) in [5, 5.41) is 3.86. The number of nitrogens with zero attached hydrogens (tertiary/aromatic N) is 6. The van der Waals surface area contributed by atoms with Gasteiger partial charge in [-0.3, -0.25) is 19.0 Å². The number of pyridine rings is 1. The van der Waals surface area contributed by atoms with Gasteiger partial charge in [0, 0.05) is 31.0 Å².